The molecule has 0 spiro atoms. The lowest BCUT2D eigenvalue weighted by Crippen LogP contribution is -2.41. The Labute approximate surface area is 195 Å². The van der Waals surface area contributed by atoms with E-state index in [0.29, 0.717) is 6.61 Å². The Hall–Kier alpha value is -2.95. The Balaban J connectivity index is 1.30. The number of likely N-dealkylation sites (tertiary alicyclic amines) is 1. The second-order valence-corrected chi connectivity index (χ2v) is 9.52. The molecule has 3 aliphatic carbocycles. The fourth-order valence-electron chi connectivity index (χ4n) is 6.14. The third-order valence-electron chi connectivity index (χ3n) is 7.59. The van der Waals surface area contributed by atoms with Crippen LogP contribution in [0.25, 0.3) is 0 Å². The number of nitrogens with zero attached hydrogens (tertiary/aromatic N) is 1. The molecule has 1 fully saturated rings. The van der Waals surface area contributed by atoms with Crippen LogP contribution in [0.4, 0.5) is 0 Å². The Morgan fingerprint density at radius 1 is 0.758 bits per heavy atom. The molecule has 1 saturated heterocycles. The van der Waals surface area contributed by atoms with Gasteiger partial charge in [0.05, 0.1) is 18.4 Å². The molecule has 0 saturated carbocycles. The fraction of sp³-hybridized carbons (Fsp3) is 0.464. The molecule has 6 rings (SSSR count). The number of amides is 2. The summed E-state index contributed by atoms with van der Waals surface area (Å²) >= 11 is 0. The van der Waals surface area contributed by atoms with Gasteiger partial charge in [-0.2, -0.15) is 0 Å². The van der Waals surface area contributed by atoms with Crippen LogP contribution >= 0.6 is 0 Å². The van der Waals surface area contributed by atoms with Gasteiger partial charge in [0.15, 0.2) is 0 Å². The minimum absolute atomic E-state index is 0.145. The number of esters is 1. The zero-order chi connectivity index (χ0) is 22.9. The number of hydrogen-bond acceptors (Lipinski definition) is 4. The Morgan fingerprint density at radius 2 is 1.21 bits per heavy atom. The molecule has 0 radical (unpaired) electrons. The highest BCUT2D eigenvalue weighted by atomic mass is 16.5. The maximum absolute atomic E-state index is 13.5. The van der Waals surface area contributed by atoms with Crippen LogP contribution in [-0.4, -0.2) is 35.8 Å². The van der Waals surface area contributed by atoms with E-state index in [0.717, 1.165) is 46.4 Å². The van der Waals surface area contributed by atoms with Gasteiger partial charge in [0.1, 0.15) is 6.54 Å². The molecule has 5 nitrogen and oxygen atoms in total. The highest BCUT2D eigenvalue weighted by Gasteiger charge is 2.61. The number of carbonyl (C=O) groups excluding carboxylic acids is 3. The number of benzene rings is 2. The Morgan fingerprint density at radius 3 is 1.70 bits per heavy atom. The molecular weight excluding hydrogens is 414 g/mol. The molecule has 2 bridgehead atoms. The first-order chi connectivity index (χ1) is 16.1. The SMILES string of the molecule is CCCCCCCCOC(=O)CN1C(=O)C2C3c4ccccc4C(c4ccccc43)C2C1=O. The summed E-state index contributed by atoms with van der Waals surface area (Å²) in [6.45, 7) is 2.24. The van der Waals surface area contributed by atoms with Crippen molar-refractivity contribution in [3.8, 4) is 0 Å². The molecule has 0 N–H and O–H groups in total. The molecule has 33 heavy (non-hydrogen) atoms. The molecule has 2 amide bonds. The molecule has 1 aliphatic heterocycles. The zero-order valence-corrected chi connectivity index (χ0v) is 19.2. The zero-order valence-electron chi connectivity index (χ0n) is 19.2. The van der Waals surface area contributed by atoms with E-state index in [4.69, 9.17) is 4.74 Å². The van der Waals surface area contributed by atoms with Crippen LogP contribution in [0, 0.1) is 11.8 Å². The molecular formula is C28H31NO4. The molecule has 5 heteroatoms. The van der Waals surface area contributed by atoms with Crippen LogP contribution in [0.15, 0.2) is 48.5 Å². The van der Waals surface area contributed by atoms with Gasteiger partial charge in [0, 0.05) is 11.8 Å². The normalized spacial score (nSPS) is 24.5. The van der Waals surface area contributed by atoms with Crippen LogP contribution in [0.5, 0.6) is 0 Å². The minimum atomic E-state index is -0.494. The van der Waals surface area contributed by atoms with Crippen LogP contribution < -0.4 is 0 Å². The maximum atomic E-state index is 13.5. The van der Waals surface area contributed by atoms with Gasteiger partial charge in [-0.1, -0.05) is 87.6 Å². The van der Waals surface area contributed by atoms with Crippen molar-refractivity contribution in [2.75, 3.05) is 13.2 Å². The summed E-state index contributed by atoms with van der Waals surface area (Å²) in [5, 5.41) is 0. The summed E-state index contributed by atoms with van der Waals surface area (Å²) in [4.78, 5) is 40.6. The predicted molar refractivity (Wildman–Crippen MR) is 125 cm³/mol. The lowest BCUT2D eigenvalue weighted by atomic mass is 9.55. The number of unbranched alkanes of at least 4 members (excludes halogenated alkanes) is 5. The van der Waals surface area contributed by atoms with Crippen molar-refractivity contribution < 1.29 is 19.1 Å². The van der Waals surface area contributed by atoms with E-state index in [1.54, 1.807) is 0 Å². The van der Waals surface area contributed by atoms with Gasteiger partial charge < -0.3 is 4.74 Å². The summed E-state index contributed by atoms with van der Waals surface area (Å²) in [5.41, 5.74) is 4.54. The number of imide groups is 1. The van der Waals surface area contributed by atoms with Crippen molar-refractivity contribution in [2.24, 2.45) is 11.8 Å². The summed E-state index contributed by atoms with van der Waals surface area (Å²) in [7, 11) is 0. The van der Waals surface area contributed by atoms with Crippen molar-refractivity contribution in [2.45, 2.75) is 57.3 Å². The lowest BCUT2D eigenvalue weighted by Gasteiger charge is -2.45. The van der Waals surface area contributed by atoms with Gasteiger partial charge in [0.25, 0.3) is 0 Å². The van der Waals surface area contributed by atoms with E-state index in [2.05, 4.69) is 31.2 Å². The summed E-state index contributed by atoms with van der Waals surface area (Å²) in [5.74, 6) is -2.15. The first-order valence-corrected chi connectivity index (χ1v) is 12.3. The number of ether oxygens (including phenoxy) is 1. The van der Waals surface area contributed by atoms with Crippen LogP contribution in [0.3, 0.4) is 0 Å². The third kappa shape index (κ3) is 3.68. The summed E-state index contributed by atoms with van der Waals surface area (Å²) in [6.07, 6.45) is 6.62. The largest absolute Gasteiger partial charge is 0.464 e. The molecule has 172 valence electrons. The van der Waals surface area contributed by atoms with E-state index < -0.39 is 17.8 Å². The van der Waals surface area contributed by atoms with Gasteiger partial charge in [-0.15, -0.1) is 0 Å². The second kappa shape index (κ2) is 9.12. The highest BCUT2D eigenvalue weighted by Crippen LogP contribution is 2.60. The standard InChI is InChI=1S/C28H31NO4/c1-2-3-4-5-6-11-16-33-22(30)17-29-27(31)25-23-18-12-7-8-13-19(18)24(26(25)28(29)32)21-15-10-9-14-20(21)23/h7-10,12-15,23-26H,2-6,11,16-17H2,1H3. The van der Waals surface area contributed by atoms with Gasteiger partial charge in [-0.25, -0.2) is 0 Å². The highest BCUT2D eigenvalue weighted by molar-refractivity contribution is 6.09. The molecule has 4 aliphatic rings. The van der Waals surface area contributed by atoms with E-state index >= 15 is 0 Å². The molecule has 2 aromatic rings. The smallest absolute Gasteiger partial charge is 0.326 e. The van der Waals surface area contributed by atoms with E-state index in [-0.39, 0.29) is 30.2 Å². The lowest BCUT2D eigenvalue weighted by molar-refractivity contribution is -0.153. The number of carbonyl (C=O) groups is 3. The summed E-state index contributed by atoms with van der Waals surface area (Å²) < 4.78 is 5.37. The van der Waals surface area contributed by atoms with Crippen molar-refractivity contribution in [1.82, 2.24) is 4.90 Å². The Bertz CT molecular complexity index is 962. The van der Waals surface area contributed by atoms with Crippen LogP contribution in [0.1, 0.15) is 79.5 Å². The second-order valence-electron chi connectivity index (χ2n) is 9.52. The van der Waals surface area contributed by atoms with Gasteiger partial charge in [-0.05, 0) is 28.7 Å². The molecule has 2 unspecified atom stereocenters. The van der Waals surface area contributed by atoms with Gasteiger partial charge in [-0.3, -0.25) is 19.3 Å². The third-order valence-corrected chi connectivity index (χ3v) is 7.59. The van der Waals surface area contributed by atoms with Crippen LogP contribution in [0.2, 0.25) is 0 Å². The number of rotatable bonds is 9. The average Bonchev–Trinajstić information content (AvgIpc) is 3.09. The van der Waals surface area contributed by atoms with Crippen molar-refractivity contribution in [3.63, 3.8) is 0 Å². The summed E-state index contributed by atoms with van der Waals surface area (Å²) in [6, 6.07) is 16.3. The topological polar surface area (TPSA) is 63.7 Å². The van der Waals surface area contributed by atoms with Gasteiger partial charge in [0.2, 0.25) is 11.8 Å². The molecule has 2 atom stereocenters. The van der Waals surface area contributed by atoms with Crippen molar-refractivity contribution >= 4 is 17.8 Å². The molecule has 1 heterocycles. The Kier molecular flexibility index (Phi) is 6.05. The van der Waals surface area contributed by atoms with E-state index in [1.165, 1.54) is 19.3 Å². The first kappa shape index (κ1) is 21.9. The average molecular weight is 446 g/mol. The maximum Gasteiger partial charge on any atom is 0.326 e. The van der Waals surface area contributed by atoms with Crippen LogP contribution in [-0.2, 0) is 19.1 Å². The predicted octanol–water partition coefficient (Wildman–Crippen LogP) is 4.78. The van der Waals surface area contributed by atoms with Crippen molar-refractivity contribution in [1.29, 1.82) is 0 Å². The van der Waals surface area contributed by atoms with Crippen molar-refractivity contribution in [3.05, 3.63) is 70.8 Å². The quantitative estimate of drug-likeness (QED) is 0.317. The van der Waals surface area contributed by atoms with E-state index in [9.17, 15) is 14.4 Å². The van der Waals surface area contributed by atoms with E-state index in [1.807, 2.05) is 24.3 Å². The molecule has 2 aromatic carbocycles. The fourth-order valence-corrected chi connectivity index (χ4v) is 6.14. The number of hydrogen-bond donors (Lipinski definition) is 0. The van der Waals surface area contributed by atoms with Gasteiger partial charge >= 0.3 is 5.97 Å². The monoisotopic (exact) mass is 445 g/mol. The molecule has 0 aromatic heterocycles. The minimum Gasteiger partial charge on any atom is -0.464 e. The first-order valence-electron chi connectivity index (χ1n) is 12.3.